The van der Waals surface area contributed by atoms with Gasteiger partial charge < -0.3 is 10.0 Å². The Morgan fingerprint density at radius 2 is 2.14 bits per heavy atom. The third kappa shape index (κ3) is 2.99. The Bertz CT molecular complexity index is 640. The number of aromatic nitrogens is 2. The number of nitrogens with one attached hydrogen (secondary N) is 1. The molecule has 1 aliphatic heterocycles. The van der Waals surface area contributed by atoms with Crippen LogP contribution in [-0.4, -0.2) is 45.6 Å². The van der Waals surface area contributed by atoms with Crippen molar-refractivity contribution >= 4 is 16.7 Å². The maximum atomic E-state index is 11.2. The highest BCUT2D eigenvalue weighted by molar-refractivity contribution is 5.82. The number of aliphatic hydroxyl groups excluding tert-OH is 1. The number of hydrogen-bond acceptors (Lipinski definition) is 4. The number of aryl methyl sites for hydroxylation is 1. The van der Waals surface area contributed by atoms with E-state index in [2.05, 4.69) is 15.1 Å². The second-order valence-corrected chi connectivity index (χ2v) is 5.80. The fourth-order valence-electron chi connectivity index (χ4n) is 3.02. The first kappa shape index (κ1) is 14.2. The number of carbonyl (C=O) groups excluding carboxylic acids is 1. The van der Waals surface area contributed by atoms with Crippen molar-refractivity contribution in [3.63, 3.8) is 0 Å². The second kappa shape index (κ2) is 5.95. The first-order chi connectivity index (χ1) is 10.1. The number of carbonyl (C=O) groups is 1. The zero-order valence-electron chi connectivity index (χ0n) is 12.3. The maximum Gasteiger partial charge on any atom is 0.135 e. The normalized spacial score (nSPS) is 18.3. The lowest BCUT2D eigenvalue weighted by atomic mass is 9.98. The van der Waals surface area contributed by atoms with E-state index < -0.39 is 6.10 Å². The molecule has 2 N–H and O–H groups in total. The van der Waals surface area contributed by atoms with Gasteiger partial charge in [-0.2, -0.15) is 5.10 Å². The van der Waals surface area contributed by atoms with Gasteiger partial charge in [-0.25, -0.2) is 0 Å². The quantitative estimate of drug-likeness (QED) is 0.902. The number of aromatic amines is 1. The van der Waals surface area contributed by atoms with Crippen molar-refractivity contribution in [2.75, 3.05) is 19.6 Å². The summed E-state index contributed by atoms with van der Waals surface area (Å²) < 4.78 is 0. The molecule has 1 aromatic carbocycles. The van der Waals surface area contributed by atoms with E-state index in [9.17, 15) is 9.90 Å². The molecular weight excluding hydrogens is 266 g/mol. The lowest BCUT2D eigenvalue weighted by Crippen LogP contribution is -2.35. The van der Waals surface area contributed by atoms with E-state index in [0.29, 0.717) is 25.0 Å². The largest absolute Gasteiger partial charge is 0.388 e. The number of H-pyrrole nitrogens is 1. The minimum atomic E-state index is -0.470. The molecule has 112 valence electrons. The zero-order valence-corrected chi connectivity index (χ0v) is 12.3. The number of rotatable bonds is 4. The van der Waals surface area contributed by atoms with Gasteiger partial charge in [-0.3, -0.25) is 9.89 Å². The lowest BCUT2D eigenvalue weighted by molar-refractivity contribution is -0.121. The summed E-state index contributed by atoms with van der Waals surface area (Å²) in [6.45, 7) is 4.50. The van der Waals surface area contributed by atoms with E-state index >= 15 is 0 Å². The number of aliphatic hydroxyl groups is 1. The van der Waals surface area contributed by atoms with Crippen LogP contribution in [0.1, 0.15) is 36.5 Å². The molecule has 0 amide bonds. The molecule has 2 aromatic rings. The van der Waals surface area contributed by atoms with Crippen LogP contribution < -0.4 is 0 Å². The molecule has 1 unspecified atom stereocenters. The Balaban J connectivity index is 1.65. The van der Waals surface area contributed by atoms with Crippen LogP contribution in [0.3, 0.4) is 0 Å². The van der Waals surface area contributed by atoms with E-state index in [4.69, 9.17) is 0 Å². The monoisotopic (exact) mass is 287 g/mol. The average molecular weight is 287 g/mol. The van der Waals surface area contributed by atoms with Gasteiger partial charge in [0.25, 0.3) is 0 Å². The smallest absolute Gasteiger partial charge is 0.135 e. The summed E-state index contributed by atoms with van der Waals surface area (Å²) in [4.78, 5) is 13.5. The standard InChI is InChI=1S/C16H21N3O2/c1-11-13(2-3-15-14(11)10-17-18-15)16(21)6-9-19-7-4-12(20)5-8-19/h2-3,10,16,21H,4-9H2,1H3,(H,17,18). The van der Waals surface area contributed by atoms with Gasteiger partial charge >= 0.3 is 0 Å². The molecule has 1 atom stereocenters. The highest BCUT2D eigenvalue weighted by atomic mass is 16.3. The molecule has 5 nitrogen and oxygen atoms in total. The number of nitrogens with zero attached hydrogens (tertiary/aromatic N) is 2. The first-order valence-corrected chi connectivity index (χ1v) is 7.50. The van der Waals surface area contributed by atoms with Gasteiger partial charge in [0.05, 0.1) is 17.8 Å². The lowest BCUT2D eigenvalue weighted by Gasteiger charge is -2.27. The van der Waals surface area contributed by atoms with Crippen LogP contribution in [0.5, 0.6) is 0 Å². The van der Waals surface area contributed by atoms with Crippen LogP contribution in [0.25, 0.3) is 10.9 Å². The average Bonchev–Trinajstić information content (AvgIpc) is 2.96. The van der Waals surface area contributed by atoms with Gasteiger partial charge in [-0.1, -0.05) is 6.07 Å². The summed E-state index contributed by atoms with van der Waals surface area (Å²) in [5.74, 6) is 0.355. The molecule has 0 aliphatic carbocycles. The Morgan fingerprint density at radius 1 is 1.38 bits per heavy atom. The van der Waals surface area contributed by atoms with Crippen LogP contribution in [0.4, 0.5) is 0 Å². The second-order valence-electron chi connectivity index (χ2n) is 5.80. The van der Waals surface area contributed by atoms with Crippen molar-refractivity contribution < 1.29 is 9.90 Å². The summed E-state index contributed by atoms with van der Waals surface area (Å²) in [6.07, 6.45) is 3.32. The predicted molar refractivity (Wildman–Crippen MR) is 81.1 cm³/mol. The van der Waals surface area contributed by atoms with Gasteiger partial charge in [0, 0.05) is 37.9 Å². The molecule has 3 rings (SSSR count). The summed E-state index contributed by atoms with van der Waals surface area (Å²) in [5.41, 5.74) is 3.05. The van der Waals surface area contributed by atoms with Gasteiger partial charge in [0.1, 0.15) is 5.78 Å². The number of benzene rings is 1. The Hall–Kier alpha value is -1.72. The van der Waals surface area contributed by atoms with Crippen molar-refractivity contribution in [1.29, 1.82) is 0 Å². The van der Waals surface area contributed by atoms with Crippen molar-refractivity contribution in [3.8, 4) is 0 Å². The number of Topliss-reactive ketones (excluding diaryl/α,β-unsaturated/α-hetero) is 1. The van der Waals surface area contributed by atoms with Crippen LogP contribution in [-0.2, 0) is 4.79 Å². The van der Waals surface area contributed by atoms with Crippen LogP contribution in [0.2, 0.25) is 0 Å². The van der Waals surface area contributed by atoms with Crippen molar-refractivity contribution in [1.82, 2.24) is 15.1 Å². The molecule has 0 spiro atoms. The van der Waals surface area contributed by atoms with E-state index in [1.54, 1.807) is 6.20 Å². The Morgan fingerprint density at radius 3 is 2.90 bits per heavy atom. The highest BCUT2D eigenvalue weighted by Gasteiger charge is 2.18. The van der Waals surface area contributed by atoms with Crippen LogP contribution in [0, 0.1) is 6.92 Å². The maximum absolute atomic E-state index is 11.2. The third-order valence-corrected chi connectivity index (χ3v) is 4.43. The molecular formula is C16H21N3O2. The number of fused-ring (bicyclic) bond motifs is 1. The Labute approximate surface area is 124 Å². The van der Waals surface area contributed by atoms with Gasteiger partial charge in [0.15, 0.2) is 0 Å². The fraction of sp³-hybridized carbons (Fsp3) is 0.500. The van der Waals surface area contributed by atoms with Crippen molar-refractivity contribution in [2.24, 2.45) is 0 Å². The molecule has 0 radical (unpaired) electrons. The third-order valence-electron chi connectivity index (χ3n) is 4.43. The van der Waals surface area contributed by atoms with Crippen LogP contribution >= 0.6 is 0 Å². The van der Waals surface area contributed by atoms with E-state index in [1.165, 1.54) is 0 Å². The number of ketones is 1. The van der Waals surface area contributed by atoms with Gasteiger partial charge in [-0.05, 0) is 30.5 Å². The van der Waals surface area contributed by atoms with Crippen molar-refractivity contribution in [2.45, 2.75) is 32.3 Å². The molecule has 0 saturated carbocycles. The number of likely N-dealkylation sites (tertiary alicyclic amines) is 1. The first-order valence-electron chi connectivity index (χ1n) is 7.50. The molecule has 0 bridgehead atoms. The summed E-state index contributed by atoms with van der Waals surface area (Å²) in [6, 6.07) is 3.94. The molecule has 5 heteroatoms. The molecule has 21 heavy (non-hydrogen) atoms. The molecule has 1 fully saturated rings. The summed E-state index contributed by atoms with van der Waals surface area (Å²) in [5, 5.41) is 18.5. The van der Waals surface area contributed by atoms with Gasteiger partial charge in [0.2, 0.25) is 0 Å². The fourth-order valence-corrected chi connectivity index (χ4v) is 3.02. The SMILES string of the molecule is Cc1c(C(O)CCN2CCC(=O)CC2)ccc2[nH]ncc12. The predicted octanol–water partition coefficient (Wildman–Crippen LogP) is 1.96. The molecule has 2 heterocycles. The Kier molecular flexibility index (Phi) is 4.03. The zero-order chi connectivity index (χ0) is 14.8. The molecule has 1 saturated heterocycles. The van der Waals surface area contributed by atoms with E-state index in [-0.39, 0.29) is 0 Å². The van der Waals surface area contributed by atoms with Crippen LogP contribution in [0.15, 0.2) is 18.3 Å². The topological polar surface area (TPSA) is 69.2 Å². The van der Waals surface area contributed by atoms with E-state index in [1.807, 2.05) is 19.1 Å². The minimum absolute atomic E-state index is 0.355. The molecule has 1 aromatic heterocycles. The highest BCUT2D eigenvalue weighted by Crippen LogP contribution is 2.26. The number of piperidine rings is 1. The van der Waals surface area contributed by atoms with Gasteiger partial charge in [-0.15, -0.1) is 0 Å². The summed E-state index contributed by atoms with van der Waals surface area (Å²) >= 11 is 0. The minimum Gasteiger partial charge on any atom is -0.388 e. The number of hydrogen-bond donors (Lipinski definition) is 2. The van der Waals surface area contributed by atoms with E-state index in [0.717, 1.165) is 41.7 Å². The van der Waals surface area contributed by atoms with Crippen molar-refractivity contribution in [3.05, 3.63) is 29.5 Å². The molecule has 1 aliphatic rings. The summed E-state index contributed by atoms with van der Waals surface area (Å²) in [7, 11) is 0.